The summed E-state index contributed by atoms with van der Waals surface area (Å²) < 4.78 is 40.4. The van der Waals surface area contributed by atoms with Crippen molar-refractivity contribution in [2.24, 2.45) is 5.92 Å². The van der Waals surface area contributed by atoms with Crippen molar-refractivity contribution in [3.8, 4) is 5.75 Å². The molecule has 0 saturated carbocycles. The van der Waals surface area contributed by atoms with Crippen molar-refractivity contribution in [2.45, 2.75) is 26.2 Å². The van der Waals surface area contributed by atoms with Gasteiger partial charge in [0.25, 0.3) is 5.91 Å². The van der Waals surface area contributed by atoms with E-state index in [9.17, 15) is 22.7 Å². The molecule has 0 bridgehead atoms. The van der Waals surface area contributed by atoms with Crippen molar-refractivity contribution in [2.75, 3.05) is 30.5 Å². The van der Waals surface area contributed by atoms with Gasteiger partial charge >= 0.3 is 10.2 Å². The van der Waals surface area contributed by atoms with Crippen LogP contribution >= 0.6 is 0 Å². The number of phenolic OH excluding ortho intramolecular Hbond substituents is 1. The number of hydrogen-bond donors (Lipinski definition) is 2. The zero-order valence-electron chi connectivity index (χ0n) is 14.0. The first-order valence-electron chi connectivity index (χ1n) is 8.37. The summed E-state index contributed by atoms with van der Waals surface area (Å²) in [5.74, 6) is -1.40. The Morgan fingerprint density at radius 1 is 1.40 bits per heavy atom. The molecule has 25 heavy (non-hydrogen) atoms. The van der Waals surface area contributed by atoms with Crippen LogP contribution in [-0.4, -0.2) is 50.5 Å². The lowest BCUT2D eigenvalue weighted by Crippen LogP contribution is -2.30. The van der Waals surface area contributed by atoms with E-state index in [4.69, 9.17) is 0 Å². The van der Waals surface area contributed by atoms with Crippen LogP contribution in [0.1, 0.15) is 25.3 Å². The molecule has 2 heterocycles. The van der Waals surface area contributed by atoms with E-state index in [0.29, 0.717) is 22.2 Å². The third-order valence-corrected chi connectivity index (χ3v) is 6.21. The Morgan fingerprint density at radius 3 is 2.72 bits per heavy atom. The molecule has 9 heteroatoms. The summed E-state index contributed by atoms with van der Waals surface area (Å²) in [5.41, 5.74) is 0.101. The van der Waals surface area contributed by atoms with Crippen LogP contribution in [0.4, 0.5) is 10.1 Å². The van der Waals surface area contributed by atoms with E-state index in [0.717, 1.165) is 26.1 Å². The van der Waals surface area contributed by atoms with Gasteiger partial charge in [0, 0.05) is 13.1 Å². The van der Waals surface area contributed by atoms with Gasteiger partial charge in [-0.2, -0.15) is 8.42 Å². The molecule has 138 valence electrons. The van der Waals surface area contributed by atoms with Crippen molar-refractivity contribution < 1.29 is 22.7 Å². The first kappa shape index (κ1) is 17.9. The fraction of sp³-hybridized carbons (Fsp3) is 0.562. The summed E-state index contributed by atoms with van der Waals surface area (Å²) in [6.45, 7) is 4.44. The molecule has 0 radical (unpaired) electrons. The summed E-state index contributed by atoms with van der Waals surface area (Å²) in [6, 6.07) is 2.59. The monoisotopic (exact) mass is 371 g/mol. The fourth-order valence-corrected chi connectivity index (χ4v) is 4.58. The second-order valence-corrected chi connectivity index (χ2v) is 8.19. The van der Waals surface area contributed by atoms with Gasteiger partial charge in [-0.25, -0.2) is 13.4 Å². The topological polar surface area (TPSA) is 89.9 Å². The van der Waals surface area contributed by atoms with E-state index in [1.54, 1.807) is 4.72 Å². The maximum atomic E-state index is 14.4. The summed E-state index contributed by atoms with van der Waals surface area (Å²) in [4.78, 5) is 13.6. The standard InChI is InChI=1S/C16H22FN3O4S/c1-2-11-3-5-19(9-11)6-4-12-7-13(17)16(14(21)8-12)20-10-15(22)18-25(20,23)24/h7-8,11,21H,2-6,9-10H2,1H3,(H,18,22)/t11-/m0/s1. The number of hydrogen-bond acceptors (Lipinski definition) is 5. The second-order valence-electron chi connectivity index (χ2n) is 6.60. The van der Waals surface area contributed by atoms with Gasteiger partial charge in [0.2, 0.25) is 0 Å². The Morgan fingerprint density at radius 2 is 2.16 bits per heavy atom. The predicted octanol–water partition coefficient (Wildman–Crippen LogP) is 0.987. The number of halogens is 1. The van der Waals surface area contributed by atoms with Gasteiger partial charge < -0.3 is 10.0 Å². The van der Waals surface area contributed by atoms with Crippen molar-refractivity contribution in [3.05, 3.63) is 23.5 Å². The summed E-state index contributed by atoms with van der Waals surface area (Å²) in [7, 11) is -4.16. The van der Waals surface area contributed by atoms with E-state index in [-0.39, 0.29) is 0 Å². The highest BCUT2D eigenvalue weighted by Gasteiger charge is 2.37. The molecule has 3 rings (SSSR count). The maximum Gasteiger partial charge on any atom is 0.326 e. The quantitative estimate of drug-likeness (QED) is 0.806. The highest BCUT2D eigenvalue weighted by atomic mass is 32.2. The van der Waals surface area contributed by atoms with Gasteiger partial charge in [-0.05, 0) is 43.0 Å². The van der Waals surface area contributed by atoms with E-state index in [1.165, 1.54) is 18.6 Å². The van der Waals surface area contributed by atoms with E-state index >= 15 is 0 Å². The average Bonchev–Trinajstić information content (AvgIpc) is 3.08. The Labute approximate surface area is 146 Å². The molecule has 2 fully saturated rings. The number of carbonyl (C=O) groups excluding carboxylic acids is 1. The van der Waals surface area contributed by atoms with Crippen molar-refractivity contribution in [1.82, 2.24) is 9.62 Å². The Hall–Kier alpha value is -1.87. The Bertz CT molecular complexity index is 761. The lowest BCUT2D eigenvalue weighted by Gasteiger charge is -2.19. The van der Waals surface area contributed by atoms with Crippen LogP contribution in [0.2, 0.25) is 0 Å². The zero-order chi connectivity index (χ0) is 18.2. The molecule has 2 aliphatic rings. The number of rotatable bonds is 5. The third-order valence-electron chi connectivity index (χ3n) is 4.84. The summed E-state index contributed by atoms with van der Waals surface area (Å²) >= 11 is 0. The van der Waals surface area contributed by atoms with Gasteiger partial charge in [0.1, 0.15) is 18.0 Å². The van der Waals surface area contributed by atoms with Crippen LogP contribution in [0.5, 0.6) is 5.75 Å². The lowest BCUT2D eigenvalue weighted by molar-refractivity contribution is -0.117. The smallest absolute Gasteiger partial charge is 0.326 e. The molecule has 7 nitrogen and oxygen atoms in total. The number of anilines is 1. The molecule has 0 aromatic heterocycles. The molecule has 0 spiro atoms. The number of aromatic hydroxyl groups is 1. The minimum absolute atomic E-state index is 0.483. The average molecular weight is 371 g/mol. The maximum absolute atomic E-state index is 14.4. The van der Waals surface area contributed by atoms with Gasteiger partial charge in [0.05, 0.1) is 0 Å². The second kappa shape index (κ2) is 6.80. The van der Waals surface area contributed by atoms with E-state index in [2.05, 4.69) is 11.8 Å². The molecule has 1 atom stereocenters. The molecule has 0 unspecified atom stereocenters. The third kappa shape index (κ3) is 3.72. The van der Waals surface area contributed by atoms with Crippen molar-refractivity contribution in [1.29, 1.82) is 0 Å². The molecule has 2 N–H and O–H groups in total. The molecule has 2 saturated heterocycles. The molecular weight excluding hydrogens is 349 g/mol. The summed E-state index contributed by atoms with van der Waals surface area (Å²) in [6.07, 6.45) is 2.88. The van der Waals surface area contributed by atoms with Gasteiger partial charge in [-0.3, -0.25) is 4.79 Å². The number of benzene rings is 1. The SMILES string of the molecule is CC[C@H]1CCN(CCc2cc(O)c(N3CC(=O)NS3(=O)=O)c(F)c2)C1. The number of nitrogens with zero attached hydrogens (tertiary/aromatic N) is 2. The molecule has 1 amide bonds. The van der Waals surface area contributed by atoms with E-state index in [1.807, 2.05) is 0 Å². The Kier molecular flexibility index (Phi) is 4.88. The van der Waals surface area contributed by atoms with Crippen LogP contribution in [0, 0.1) is 11.7 Å². The first-order chi connectivity index (χ1) is 11.8. The van der Waals surface area contributed by atoms with Gasteiger partial charge in [-0.15, -0.1) is 0 Å². The first-order valence-corrected chi connectivity index (χ1v) is 9.81. The highest BCUT2D eigenvalue weighted by Crippen LogP contribution is 2.34. The number of carbonyl (C=O) groups is 1. The number of amides is 1. The predicted molar refractivity (Wildman–Crippen MR) is 91.0 cm³/mol. The number of phenols is 1. The largest absolute Gasteiger partial charge is 0.506 e. The molecule has 2 aliphatic heterocycles. The van der Waals surface area contributed by atoms with Crippen LogP contribution in [0.15, 0.2) is 12.1 Å². The zero-order valence-corrected chi connectivity index (χ0v) is 14.9. The molecular formula is C16H22FN3O4S. The normalized spacial score (nSPS) is 23.2. The van der Waals surface area contributed by atoms with Crippen LogP contribution in [-0.2, 0) is 21.4 Å². The van der Waals surface area contributed by atoms with Gasteiger partial charge in [0.15, 0.2) is 5.82 Å². The Balaban J connectivity index is 1.74. The lowest BCUT2D eigenvalue weighted by atomic mass is 10.1. The number of nitrogens with one attached hydrogen (secondary N) is 1. The van der Waals surface area contributed by atoms with Crippen molar-refractivity contribution >= 4 is 21.8 Å². The fourth-order valence-electron chi connectivity index (χ4n) is 3.41. The molecule has 1 aromatic rings. The minimum atomic E-state index is -4.16. The number of likely N-dealkylation sites (tertiary alicyclic amines) is 1. The molecule has 1 aromatic carbocycles. The highest BCUT2D eigenvalue weighted by molar-refractivity contribution is 7.92. The summed E-state index contributed by atoms with van der Waals surface area (Å²) in [5, 5.41) is 10.1. The van der Waals surface area contributed by atoms with Crippen molar-refractivity contribution in [3.63, 3.8) is 0 Å². The van der Waals surface area contributed by atoms with Crippen LogP contribution < -0.4 is 9.03 Å². The van der Waals surface area contributed by atoms with Crippen LogP contribution in [0.3, 0.4) is 0 Å². The van der Waals surface area contributed by atoms with Crippen LogP contribution in [0.25, 0.3) is 0 Å². The minimum Gasteiger partial charge on any atom is -0.506 e. The van der Waals surface area contributed by atoms with Gasteiger partial charge in [-0.1, -0.05) is 13.3 Å². The van der Waals surface area contributed by atoms with E-state index < -0.39 is 39.9 Å². The molecule has 0 aliphatic carbocycles.